The minimum atomic E-state index is -0.0146. The van der Waals surface area contributed by atoms with Gasteiger partial charge in [0.05, 0.1) is 11.3 Å². The summed E-state index contributed by atoms with van der Waals surface area (Å²) in [5, 5.41) is 14.3. The smallest absolute Gasteiger partial charge is 0.168 e. The number of rotatable bonds is 9. The van der Waals surface area contributed by atoms with E-state index in [-0.39, 0.29) is 17.5 Å². The molecule has 21 heavy (non-hydrogen) atoms. The molecule has 0 radical (unpaired) electrons. The molecule has 118 valence electrons. The standard InChI is InChI=1S/C16H25NO3S/c1-4-6-13(17-20-8-5-2)16-14(18)10-12(7-9-21-3)11-15(16)19/h5,12,18H,2,4,6-11H2,1,3H3/b17-13-. The second kappa shape index (κ2) is 9.66. The van der Waals surface area contributed by atoms with E-state index in [1.165, 1.54) is 0 Å². The first-order chi connectivity index (χ1) is 10.1. The maximum absolute atomic E-state index is 12.3. The highest BCUT2D eigenvalue weighted by Gasteiger charge is 2.30. The van der Waals surface area contributed by atoms with E-state index in [0.717, 1.165) is 18.6 Å². The van der Waals surface area contributed by atoms with Gasteiger partial charge in [0.15, 0.2) is 5.78 Å². The molecule has 0 aliphatic heterocycles. The molecule has 4 nitrogen and oxygen atoms in total. The van der Waals surface area contributed by atoms with Gasteiger partial charge in [-0.1, -0.05) is 31.2 Å². The molecule has 1 N–H and O–H groups in total. The van der Waals surface area contributed by atoms with Gasteiger partial charge in [0.25, 0.3) is 0 Å². The van der Waals surface area contributed by atoms with E-state index in [1.54, 1.807) is 17.8 Å². The van der Waals surface area contributed by atoms with Crippen LogP contribution in [0.2, 0.25) is 0 Å². The van der Waals surface area contributed by atoms with Crippen LogP contribution in [0, 0.1) is 5.92 Å². The molecule has 5 heteroatoms. The van der Waals surface area contributed by atoms with Crippen molar-refractivity contribution in [2.75, 3.05) is 18.6 Å². The molecule has 0 aromatic carbocycles. The Kier molecular flexibility index (Phi) is 8.20. The van der Waals surface area contributed by atoms with Gasteiger partial charge in [-0.05, 0) is 30.8 Å². The molecular formula is C16H25NO3S. The molecule has 0 amide bonds. The van der Waals surface area contributed by atoms with E-state index in [2.05, 4.69) is 18.0 Å². The third-order valence-electron chi connectivity index (χ3n) is 3.40. The fourth-order valence-corrected chi connectivity index (χ4v) is 2.98. The van der Waals surface area contributed by atoms with E-state index in [9.17, 15) is 9.90 Å². The quantitative estimate of drug-likeness (QED) is 0.304. The average Bonchev–Trinajstić information content (AvgIpc) is 2.44. The number of carbonyl (C=O) groups is 1. The predicted octanol–water partition coefficient (Wildman–Crippen LogP) is 3.89. The van der Waals surface area contributed by atoms with Crippen LogP contribution in [0.25, 0.3) is 0 Å². The highest BCUT2D eigenvalue weighted by molar-refractivity contribution is 7.98. The van der Waals surface area contributed by atoms with Crippen LogP contribution < -0.4 is 0 Å². The van der Waals surface area contributed by atoms with Gasteiger partial charge in [0.2, 0.25) is 0 Å². The number of allylic oxidation sites excluding steroid dienone is 2. The molecule has 0 bridgehead atoms. The molecule has 1 atom stereocenters. The van der Waals surface area contributed by atoms with Crippen molar-refractivity contribution in [1.29, 1.82) is 0 Å². The maximum atomic E-state index is 12.3. The van der Waals surface area contributed by atoms with Crippen molar-refractivity contribution in [3.8, 4) is 0 Å². The van der Waals surface area contributed by atoms with Gasteiger partial charge in [-0.15, -0.1) is 0 Å². The summed E-state index contributed by atoms with van der Waals surface area (Å²) in [6, 6.07) is 0. The average molecular weight is 311 g/mol. The molecule has 1 unspecified atom stereocenters. The summed E-state index contributed by atoms with van der Waals surface area (Å²) in [7, 11) is 0. The number of hydrogen-bond donors (Lipinski definition) is 1. The summed E-state index contributed by atoms with van der Waals surface area (Å²) in [6.07, 6.45) is 7.12. The second-order valence-electron chi connectivity index (χ2n) is 5.17. The number of thioether (sulfide) groups is 1. The molecular weight excluding hydrogens is 286 g/mol. The van der Waals surface area contributed by atoms with Crippen LogP contribution in [0.15, 0.2) is 29.1 Å². The minimum absolute atomic E-state index is 0.0146. The molecule has 0 aromatic heterocycles. The molecule has 1 aliphatic rings. The summed E-state index contributed by atoms with van der Waals surface area (Å²) in [5.41, 5.74) is 0.937. The lowest BCUT2D eigenvalue weighted by molar-refractivity contribution is -0.116. The maximum Gasteiger partial charge on any atom is 0.168 e. The highest BCUT2D eigenvalue weighted by atomic mass is 32.2. The lowest BCUT2D eigenvalue weighted by atomic mass is 9.83. The van der Waals surface area contributed by atoms with Gasteiger partial charge in [-0.2, -0.15) is 11.8 Å². The monoisotopic (exact) mass is 311 g/mol. The van der Waals surface area contributed by atoms with Crippen LogP contribution in [0.3, 0.4) is 0 Å². The molecule has 1 aliphatic carbocycles. The number of carbonyl (C=O) groups excluding carboxylic acids is 1. The van der Waals surface area contributed by atoms with Crippen molar-refractivity contribution >= 4 is 23.3 Å². The first-order valence-electron chi connectivity index (χ1n) is 7.38. The topological polar surface area (TPSA) is 58.9 Å². The van der Waals surface area contributed by atoms with Crippen molar-refractivity contribution in [2.24, 2.45) is 11.1 Å². The summed E-state index contributed by atoms with van der Waals surface area (Å²) < 4.78 is 0. The number of nitrogens with zero attached hydrogens (tertiary/aromatic N) is 1. The summed E-state index contributed by atoms with van der Waals surface area (Å²) in [5.74, 6) is 1.41. The third-order valence-corrected chi connectivity index (χ3v) is 4.04. The molecule has 0 heterocycles. The van der Waals surface area contributed by atoms with Gasteiger partial charge in [-0.3, -0.25) is 4.79 Å². The van der Waals surface area contributed by atoms with Gasteiger partial charge < -0.3 is 9.94 Å². The van der Waals surface area contributed by atoms with Crippen molar-refractivity contribution in [3.63, 3.8) is 0 Å². The minimum Gasteiger partial charge on any atom is -0.511 e. The Morgan fingerprint density at radius 3 is 2.90 bits per heavy atom. The van der Waals surface area contributed by atoms with Crippen molar-refractivity contribution < 1.29 is 14.7 Å². The zero-order valence-electron chi connectivity index (χ0n) is 12.9. The van der Waals surface area contributed by atoms with Crippen molar-refractivity contribution in [3.05, 3.63) is 24.0 Å². The highest BCUT2D eigenvalue weighted by Crippen LogP contribution is 2.30. The number of hydrogen-bond acceptors (Lipinski definition) is 5. The number of aliphatic hydroxyl groups is 1. The molecule has 0 fully saturated rings. The van der Waals surface area contributed by atoms with E-state index >= 15 is 0 Å². The number of aliphatic hydroxyl groups excluding tert-OH is 1. The zero-order valence-corrected chi connectivity index (χ0v) is 13.7. The van der Waals surface area contributed by atoms with Gasteiger partial charge in [0.1, 0.15) is 12.4 Å². The number of Topliss-reactive ketones (excluding diaryl/α,β-unsaturated/α-hetero) is 1. The molecule has 0 saturated heterocycles. The Hall–Kier alpha value is -1.23. The number of oxime groups is 1. The van der Waals surface area contributed by atoms with Crippen LogP contribution in [0.1, 0.15) is 39.0 Å². The Morgan fingerprint density at radius 1 is 1.57 bits per heavy atom. The first-order valence-corrected chi connectivity index (χ1v) is 8.77. The van der Waals surface area contributed by atoms with Crippen LogP contribution in [0.4, 0.5) is 0 Å². The third kappa shape index (κ3) is 5.58. The van der Waals surface area contributed by atoms with E-state index in [0.29, 0.717) is 37.2 Å². The van der Waals surface area contributed by atoms with Crippen molar-refractivity contribution in [1.82, 2.24) is 0 Å². The summed E-state index contributed by atoms with van der Waals surface area (Å²) in [6.45, 7) is 5.87. The molecule has 1 rings (SSSR count). The van der Waals surface area contributed by atoms with Crippen LogP contribution >= 0.6 is 11.8 Å². The number of ketones is 1. The summed E-state index contributed by atoms with van der Waals surface area (Å²) >= 11 is 1.76. The van der Waals surface area contributed by atoms with Gasteiger partial charge >= 0.3 is 0 Å². The Bertz CT molecular complexity index is 429. The fourth-order valence-electron chi connectivity index (χ4n) is 2.41. The van der Waals surface area contributed by atoms with E-state index < -0.39 is 0 Å². The Balaban J connectivity index is 2.88. The Morgan fingerprint density at radius 2 is 2.33 bits per heavy atom. The van der Waals surface area contributed by atoms with Gasteiger partial charge in [-0.25, -0.2) is 0 Å². The van der Waals surface area contributed by atoms with Crippen LogP contribution in [-0.2, 0) is 9.63 Å². The molecule has 0 spiro atoms. The van der Waals surface area contributed by atoms with Crippen molar-refractivity contribution in [2.45, 2.75) is 39.0 Å². The Labute approximate surface area is 131 Å². The largest absolute Gasteiger partial charge is 0.511 e. The summed E-state index contributed by atoms with van der Waals surface area (Å²) in [4.78, 5) is 17.5. The zero-order chi connectivity index (χ0) is 15.7. The molecule has 0 aromatic rings. The lowest BCUT2D eigenvalue weighted by Gasteiger charge is -2.23. The van der Waals surface area contributed by atoms with Crippen LogP contribution in [0.5, 0.6) is 0 Å². The first kappa shape index (κ1) is 17.8. The lowest BCUT2D eigenvalue weighted by Crippen LogP contribution is -2.25. The van der Waals surface area contributed by atoms with E-state index in [1.807, 2.05) is 6.92 Å². The van der Waals surface area contributed by atoms with E-state index in [4.69, 9.17) is 4.84 Å². The second-order valence-corrected chi connectivity index (χ2v) is 6.16. The van der Waals surface area contributed by atoms with Crippen LogP contribution in [-0.4, -0.2) is 35.2 Å². The normalized spacial score (nSPS) is 19.8. The SMILES string of the molecule is C=CCO/N=C(/CCC)C1=C(O)CC(CCSC)CC1=O. The predicted molar refractivity (Wildman–Crippen MR) is 88.9 cm³/mol. The molecule has 0 saturated carbocycles. The fraction of sp³-hybridized carbons (Fsp3) is 0.625. The van der Waals surface area contributed by atoms with Gasteiger partial charge in [0, 0.05) is 12.8 Å².